The highest BCUT2D eigenvalue weighted by atomic mass is 32.2. The molecule has 7 heteroatoms. The summed E-state index contributed by atoms with van der Waals surface area (Å²) < 4.78 is 35.5. The van der Waals surface area contributed by atoms with Crippen LogP contribution >= 0.6 is 11.8 Å². The Morgan fingerprint density at radius 3 is 2.46 bits per heavy atom. The van der Waals surface area contributed by atoms with Crippen LogP contribution in [-0.4, -0.2) is 10.5 Å². The predicted molar refractivity (Wildman–Crippen MR) is 44.0 cm³/mol. The summed E-state index contributed by atoms with van der Waals surface area (Å²) in [6, 6.07) is 2.66. The summed E-state index contributed by atoms with van der Waals surface area (Å²) >= 11 is -0.211. The van der Waals surface area contributed by atoms with E-state index in [2.05, 4.69) is 10.4 Å². The molecule has 0 aliphatic heterocycles. The van der Waals surface area contributed by atoms with Gasteiger partial charge in [-0.3, -0.25) is 0 Å². The Hall–Kier alpha value is -0.950. The number of thioether (sulfide) groups is 1. The van der Waals surface area contributed by atoms with Gasteiger partial charge in [-0.05, 0) is 23.9 Å². The van der Waals surface area contributed by atoms with Crippen LogP contribution in [0, 0.1) is 0 Å². The topological polar surface area (TPSA) is 50.9 Å². The van der Waals surface area contributed by atoms with Crippen LogP contribution in [-0.2, 0) is 0 Å². The summed E-state index contributed by atoms with van der Waals surface area (Å²) in [5, 5.41) is 0. The highest BCUT2D eigenvalue weighted by Crippen LogP contribution is 2.36. The number of alkyl halides is 3. The maximum atomic E-state index is 11.8. The zero-order valence-electron chi connectivity index (χ0n) is 6.30. The van der Waals surface area contributed by atoms with Gasteiger partial charge in [0.25, 0.3) is 0 Å². The molecule has 0 unspecified atom stereocenters. The number of hydrazine groups is 1. The van der Waals surface area contributed by atoms with Crippen molar-refractivity contribution in [1.82, 2.24) is 4.98 Å². The summed E-state index contributed by atoms with van der Waals surface area (Å²) in [6.07, 6.45) is 1.10. The highest BCUT2D eigenvalue weighted by Gasteiger charge is 2.29. The summed E-state index contributed by atoms with van der Waals surface area (Å²) in [4.78, 5) is 3.66. The van der Waals surface area contributed by atoms with E-state index in [0.29, 0.717) is 5.82 Å². The first-order valence-electron chi connectivity index (χ1n) is 3.20. The van der Waals surface area contributed by atoms with Gasteiger partial charge in [-0.1, -0.05) is 0 Å². The van der Waals surface area contributed by atoms with Gasteiger partial charge in [-0.15, -0.1) is 0 Å². The number of rotatable bonds is 2. The van der Waals surface area contributed by atoms with Gasteiger partial charge >= 0.3 is 5.51 Å². The Bertz CT molecular complexity index is 271. The second kappa shape index (κ2) is 3.84. The third-order valence-electron chi connectivity index (χ3n) is 1.12. The van der Waals surface area contributed by atoms with Crippen LogP contribution in [0.5, 0.6) is 0 Å². The summed E-state index contributed by atoms with van der Waals surface area (Å²) in [6.45, 7) is 0. The number of nitrogens with two attached hydrogens (primary N) is 1. The van der Waals surface area contributed by atoms with E-state index >= 15 is 0 Å². The third-order valence-corrected chi connectivity index (χ3v) is 1.83. The molecular formula is C6H6F3N3S. The Labute approximate surface area is 76.5 Å². The van der Waals surface area contributed by atoms with Gasteiger partial charge in [0, 0.05) is 11.1 Å². The first-order chi connectivity index (χ1) is 6.01. The van der Waals surface area contributed by atoms with E-state index in [1.165, 1.54) is 12.1 Å². The van der Waals surface area contributed by atoms with Crippen LogP contribution in [0.15, 0.2) is 23.2 Å². The number of nitrogens with one attached hydrogen (secondary N) is 1. The molecule has 0 amide bonds. The average Bonchev–Trinajstić information content (AvgIpc) is 2.03. The molecule has 0 spiro atoms. The van der Waals surface area contributed by atoms with Crippen LogP contribution in [0.2, 0.25) is 0 Å². The lowest BCUT2D eigenvalue weighted by molar-refractivity contribution is -0.0328. The molecule has 0 saturated heterocycles. The van der Waals surface area contributed by atoms with E-state index in [4.69, 9.17) is 5.84 Å². The number of halogens is 3. The first kappa shape index (κ1) is 10.1. The lowest BCUT2D eigenvalue weighted by Crippen LogP contribution is -2.08. The number of hydrogen-bond acceptors (Lipinski definition) is 4. The maximum Gasteiger partial charge on any atom is 0.446 e. The quantitative estimate of drug-likeness (QED) is 0.444. The van der Waals surface area contributed by atoms with Crippen LogP contribution in [0.25, 0.3) is 0 Å². The highest BCUT2D eigenvalue weighted by molar-refractivity contribution is 8.00. The van der Waals surface area contributed by atoms with E-state index in [1.807, 2.05) is 0 Å². The van der Waals surface area contributed by atoms with E-state index in [1.54, 1.807) is 0 Å². The third kappa shape index (κ3) is 3.51. The minimum absolute atomic E-state index is 0.0338. The molecule has 0 atom stereocenters. The lowest BCUT2D eigenvalue weighted by atomic mass is 10.5. The van der Waals surface area contributed by atoms with E-state index in [9.17, 15) is 13.2 Å². The van der Waals surface area contributed by atoms with Gasteiger partial charge < -0.3 is 5.43 Å². The summed E-state index contributed by atoms with van der Waals surface area (Å²) in [5.41, 5.74) is -2.06. The number of pyridine rings is 1. The van der Waals surface area contributed by atoms with Gasteiger partial charge in [0.15, 0.2) is 0 Å². The Balaban J connectivity index is 2.70. The molecule has 0 radical (unpaired) electrons. The molecule has 0 aromatic carbocycles. The van der Waals surface area contributed by atoms with E-state index in [0.717, 1.165) is 6.20 Å². The summed E-state index contributed by atoms with van der Waals surface area (Å²) in [5.74, 6) is 5.31. The molecule has 1 rings (SSSR count). The van der Waals surface area contributed by atoms with Crippen molar-refractivity contribution in [2.75, 3.05) is 5.43 Å². The molecule has 0 bridgehead atoms. The molecule has 3 N–H and O–H groups in total. The fraction of sp³-hybridized carbons (Fsp3) is 0.167. The fourth-order valence-corrected chi connectivity index (χ4v) is 1.17. The molecule has 13 heavy (non-hydrogen) atoms. The Morgan fingerprint density at radius 1 is 1.38 bits per heavy atom. The van der Waals surface area contributed by atoms with Crippen LogP contribution in [0.1, 0.15) is 0 Å². The molecule has 0 saturated carbocycles. The number of anilines is 1. The van der Waals surface area contributed by atoms with Gasteiger partial charge in [-0.2, -0.15) is 13.2 Å². The SMILES string of the molecule is NNc1ccc(SC(F)(F)F)cn1. The van der Waals surface area contributed by atoms with Crippen LogP contribution in [0.3, 0.4) is 0 Å². The zero-order chi connectivity index (χ0) is 9.90. The van der Waals surface area contributed by atoms with Crippen molar-refractivity contribution in [2.24, 2.45) is 5.84 Å². The minimum Gasteiger partial charge on any atom is -0.308 e. The molecule has 1 aromatic heterocycles. The minimum atomic E-state index is -4.28. The maximum absolute atomic E-state index is 11.8. The number of hydrogen-bond donors (Lipinski definition) is 2. The molecular weight excluding hydrogens is 203 g/mol. The fourth-order valence-electron chi connectivity index (χ4n) is 0.660. The number of nitrogens with zero attached hydrogens (tertiary/aromatic N) is 1. The van der Waals surface area contributed by atoms with Crippen molar-refractivity contribution in [1.29, 1.82) is 0 Å². The van der Waals surface area contributed by atoms with Crippen molar-refractivity contribution in [3.8, 4) is 0 Å². The monoisotopic (exact) mass is 209 g/mol. The largest absolute Gasteiger partial charge is 0.446 e. The van der Waals surface area contributed by atoms with E-state index in [-0.39, 0.29) is 16.7 Å². The van der Waals surface area contributed by atoms with Crippen molar-refractivity contribution >= 4 is 17.6 Å². The van der Waals surface area contributed by atoms with Crippen molar-refractivity contribution in [2.45, 2.75) is 10.4 Å². The Morgan fingerprint density at radius 2 is 2.08 bits per heavy atom. The first-order valence-corrected chi connectivity index (χ1v) is 4.01. The predicted octanol–water partition coefficient (Wildman–Crippen LogP) is 1.98. The van der Waals surface area contributed by atoms with Crippen LogP contribution < -0.4 is 11.3 Å². The van der Waals surface area contributed by atoms with Gasteiger partial charge in [0.1, 0.15) is 5.82 Å². The van der Waals surface area contributed by atoms with Crippen molar-refractivity contribution in [3.05, 3.63) is 18.3 Å². The molecule has 0 aliphatic carbocycles. The van der Waals surface area contributed by atoms with Gasteiger partial charge in [0.05, 0.1) is 0 Å². The summed E-state index contributed by atoms with van der Waals surface area (Å²) in [7, 11) is 0. The molecule has 1 heterocycles. The Kier molecular flexibility index (Phi) is 2.99. The molecule has 1 aromatic rings. The van der Waals surface area contributed by atoms with Crippen molar-refractivity contribution in [3.63, 3.8) is 0 Å². The van der Waals surface area contributed by atoms with Gasteiger partial charge in [-0.25, -0.2) is 10.8 Å². The van der Waals surface area contributed by atoms with Crippen LogP contribution in [0.4, 0.5) is 19.0 Å². The van der Waals surface area contributed by atoms with Gasteiger partial charge in [0.2, 0.25) is 0 Å². The molecule has 0 fully saturated rings. The second-order valence-electron chi connectivity index (χ2n) is 2.07. The normalized spacial score (nSPS) is 11.4. The lowest BCUT2D eigenvalue weighted by Gasteiger charge is -2.05. The standard InChI is InChI=1S/C6H6F3N3S/c7-6(8,9)13-4-1-2-5(12-10)11-3-4/h1-3H,10H2,(H,11,12). The zero-order valence-corrected chi connectivity index (χ0v) is 7.12. The molecule has 72 valence electrons. The van der Waals surface area contributed by atoms with Crippen molar-refractivity contribution < 1.29 is 13.2 Å². The molecule has 0 aliphatic rings. The number of aromatic nitrogens is 1. The molecule has 3 nitrogen and oxygen atoms in total. The average molecular weight is 209 g/mol. The smallest absolute Gasteiger partial charge is 0.308 e. The number of nitrogen functional groups attached to an aromatic ring is 1. The second-order valence-corrected chi connectivity index (χ2v) is 3.21. The van der Waals surface area contributed by atoms with E-state index < -0.39 is 5.51 Å².